The van der Waals surface area contributed by atoms with Crippen molar-refractivity contribution in [3.05, 3.63) is 24.3 Å². The number of aliphatic hydroxyl groups excluding tert-OH is 3. The van der Waals surface area contributed by atoms with E-state index < -0.39 is 37.1 Å². The van der Waals surface area contributed by atoms with E-state index in [0.29, 0.717) is 22.5 Å². The Bertz CT molecular complexity index is 1110. The van der Waals surface area contributed by atoms with Crippen LogP contribution in [0.1, 0.15) is 48.7 Å². The topological polar surface area (TPSA) is 183 Å². The average Bonchev–Trinajstić information content (AvgIpc) is 3.55. The first-order valence-electron chi connectivity index (χ1n) is 11.0. The van der Waals surface area contributed by atoms with E-state index in [9.17, 15) is 20.1 Å². The molecule has 0 radical (unpaired) electrons. The maximum atomic E-state index is 12.5. The van der Waals surface area contributed by atoms with Gasteiger partial charge >= 0.3 is 0 Å². The summed E-state index contributed by atoms with van der Waals surface area (Å²) in [5.41, 5.74) is 1.07. The molecule has 1 unspecified atom stereocenters. The summed E-state index contributed by atoms with van der Waals surface area (Å²) in [6.45, 7) is -0.448. The fraction of sp³-hybridized carbons (Fsp3) is 0.550. The minimum atomic E-state index is -1.30. The number of imidazole rings is 1. The zero-order valence-electron chi connectivity index (χ0n) is 17.8. The lowest BCUT2D eigenvalue weighted by Gasteiger charge is -2.23. The molecule has 2 fully saturated rings. The number of nitrogens with zero attached hydrogens (tertiary/aromatic N) is 5. The van der Waals surface area contributed by atoms with Crippen LogP contribution in [0.25, 0.3) is 11.2 Å². The molecule has 13 nitrogen and oxygen atoms in total. The van der Waals surface area contributed by atoms with Gasteiger partial charge < -0.3 is 25.4 Å². The second-order valence-corrected chi connectivity index (χ2v) is 8.37. The van der Waals surface area contributed by atoms with Crippen molar-refractivity contribution >= 4 is 28.8 Å². The minimum Gasteiger partial charge on any atom is -0.394 e. The second-order valence-electron chi connectivity index (χ2n) is 8.37. The summed E-state index contributed by atoms with van der Waals surface area (Å²) < 4.78 is 7.12. The second kappa shape index (κ2) is 9.02. The Kier molecular flexibility index (Phi) is 5.93. The number of ether oxygens (including phenoxy) is 1. The number of aromatic nitrogens is 6. The van der Waals surface area contributed by atoms with E-state index in [4.69, 9.17) is 4.74 Å². The number of anilines is 2. The van der Waals surface area contributed by atoms with E-state index >= 15 is 0 Å². The molecule has 3 aromatic rings. The van der Waals surface area contributed by atoms with Gasteiger partial charge in [-0.05, 0) is 12.8 Å². The molecule has 0 aromatic carbocycles. The van der Waals surface area contributed by atoms with Crippen molar-refractivity contribution in [1.29, 1.82) is 0 Å². The number of amides is 1. The van der Waals surface area contributed by atoms with Gasteiger partial charge in [-0.15, -0.1) is 0 Å². The number of nitrogens with one attached hydrogen (secondary N) is 3. The molecule has 1 aliphatic carbocycles. The Labute approximate surface area is 188 Å². The van der Waals surface area contributed by atoms with Crippen molar-refractivity contribution in [3.8, 4) is 0 Å². The lowest BCUT2D eigenvalue weighted by molar-refractivity contribution is -0.0511. The molecule has 1 aliphatic heterocycles. The summed E-state index contributed by atoms with van der Waals surface area (Å²) in [7, 11) is 0. The van der Waals surface area contributed by atoms with Crippen LogP contribution in [0.3, 0.4) is 0 Å². The molecule has 4 atom stereocenters. The predicted molar refractivity (Wildman–Crippen MR) is 115 cm³/mol. The Morgan fingerprint density at radius 1 is 1.21 bits per heavy atom. The number of carbonyl (C=O) groups is 1. The molecule has 1 amide bonds. The van der Waals surface area contributed by atoms with Gasteiger partial charge in [0, 0.05) is 12.2 Å². The summed E-state index contributed by atoms with van der Waals surface area (Å²) >= 11 is 0. The minimum absolute atomic E-state index is 0.0421. The van der Waals surface area contributed by atoms with Crippen LogP contribution in [-0.2, 0) is 4.74 Å². The van der Waals surface area contributed by atoms with Crippen LogP contribution in [0, 0.1) is 0 Å². The van der Waals surface area contributed by atoms with Gasteiger partial charge in [0.2, 0.25) is 5.95 Å². The SMILES string of the molecule is O=C(Nc1nc(NC2CCCCC2)c2ncn(C3O[C@H](CO)[C@@H](O)[C@H]3O)c2n1)c1cn[nH]c1. The molecule has 33 heavy (non-hydrogen) atoms. The van der Waals surface area contributed by atoms with E-state index in [1.807, 2.05) is 0 Å². The molecule has 0 bridgehead atoms. The standard InChI is InChI=1S/C20H26N8O5/c29-8-12-14(30)15(31)19(33-12)28-9-21-13-16(24-11-4-2-1-3-5-11)25-20(26-17(13)28)27-18(32)10-6-22-23-7-10/h6-7,9,11-12,14-15,19,29-31H,1-5,8H2,(H,22,23)(H2,24,25,26,27,32)/t12-,14-,15-,19?/m1/s1. The number of hydrogen-bond acceptors (Lipinski definition) is 10. The molecule has 1 saturated heterocycles. The largest absolute Gasteiger partial charge is 0.394 e. The van der Waals surface area contributed by atoms with Crippen LogP contribution in [0.4, 0.5) is 11.8 Å². The average molecular weight is 458 g/mol. The van der Waals surface area contributed by atoms with Gasteiger partial charge in [0.1, 0.15) is 18.3 Å². The molecule has 3 aromatic heterocycles. The normalized spacial score (nSPS) is 26.0. The third kappa shape index (κ3) is 4.15. The molecule has 4 heterocycles. The monoisotopic (exact) mass is 458 g/mol. The van der Waals surface area contributed by atoms with Crippen LogP contribution in [-0.4, -0.2) is 81.9 Å². The van der Waals surface area contributed by atoms with Crippen molar-refractivity contribution in [2.24, 2.45) is 0 Å². The number of rotatable bonds is 6. The smallest absolute Gasteiger partial charge is 0.261 e. The van der Waals surface area contributed by atoms with Gasteiger partial charge in [0.15, 0.2) is 23.2 Å². The summed E-state index contributed by atoms with van der Waals surface area (Å²) in [6.07, 6.45) is 5.19. The van der Waals surface area contributed by atoms with Crippen LogP contribution >= 0.6 is 0 Å². The van der Waals surface area contributed by atoms with Crippen molar-refractivity contribution in [1.82, 2.24) is 29.7 Å². The van der Waals surface area contributed by atoms with Gasteiger partial charge in [-0.25, -0.2) is 4.98 Å². The summed E-state index contributed by atoms with van der Waals surface area (Å²) in [5, 5.41) is 42.5. The van der Waals surface area contributed by atoms with Gasteiger partial charge in [0.25, 0.3) is 5.91 Å². The third-order valence-electron chi connectivity index (χ3n) is 6.14. The molecule has 0 spiro atoms. The zero-order chi connectivity index (χ0) is 22.9. The Morgan fingerprint density at radius 3 is 2.73 bits per heavy atom. The van der Waals surface area contributed by atoms with E-state index in [-0.39, 0.29) is 12.0 Å². The van der Waals surface area contributed by atoms with Gasteiger partial charge in [0.05, 0.1) is 24.7 Å². The summed E-state index contributed by atoms with van der Waals surface area (Å²) in [5.74, 6) is 0.0612. The molecule has 5 rings (SSSR count). The first-order valence-corrected chi connectivity index (χ1v) is 11.0. The maximum Gasteiger partial charge on any atom is 0.261 e. The quantitative estimate of drug-likeness (QED) is 0.297. The first-order chi connectivity index (χ1) is 16.0. The molecule has 176 valence electrons. The Hall–Kier alpha value is -3.13. The predicted octanol–water partition coefficient (Wildman–Crippen LogP) is 0.158. The maximum absolute atomic E-state index is 12.5. The molecule has 6 N–H and O–H groups in total. The molecule has 1 saturated carbocycles. The van der Waals surface area contributed by atoms with E-state index in [1.165, 1.54) is 29.7 Å². The molecule has 13 heteroatoms. The lowest BCUT2D eigenvalue weighted by Crippen LogP contribution is -2.33. The van der Waals surface area contributed by atoms with Crippen LogP contribution in [0.5, 0.6) is 0 Å². The van der Waals surface area contributed by atoms with Crippen LogP contribution < -0.4 is 10.6 Å². The van der Waals surface area contributed by atoms with E-state index in [1.54, 1.807) is 0 Å². The Balaban J connectivity index is 1.52. The molecular formula is C20H26N8O5. The zero-order valence-corrected chi connectivity index (χ0v) is 17.8. The van der Waals surface area contributed by atoms with E-state index in [0.717, 1.165) is 25.7 Å². The highest BCUT2D eigenvalue weighted by atomic mass is 16.6. The van der Waals surface area contributed by atoms with Crippen LogP contribution in [0.2, 0.25) is 0 Å². The van der Waals surface area contributed by atoms with Crippen molar-refractivity contribution in [3.63, 3.8) is 0 Å². The van der Waals surface area contributed by atoms with Gasteiger partial charge in [-0.3, -0.25) is 19.8 Å². The highest BCUT2D eigenvalue weighted by molar-refractivity contribution is 6.03. The molecular weight excluding hydrogens is 432 g/mol. The van der Waals surface area contributed by atoms with Crippen molar-refractivity contribution in [2.75, 3.05) is 17.2 Å². The highest BCUT2D eigenvalue weighted by Gasteiger charge is 2.44. The lowest BCUT2D eigenvalue weighted by atomic mass is 9.95. The highest BCUT2D eigenvalue weighted by Crippen LogP contribution is 2.33. The van der Waals surface area contributed by atoms with Gasteiger partial charge in [-0.2, -0.15) is 15.1 Å². The fourth-order valence-electron chi connectivity index (χ4n) is 4.36. The Morgan fingerprint density at radius 2 is 2.03 bits per heavy atom. The fourth-order valence-corrected chi connectivity index (χ4v) is 4.36. The molecule has 2 aliphatic rings. The van der Waals surface area contributed by atoms with Gasteiger partial charge in [-0.1, -0.05) is 19.3 Å². The summed E-state index contributed by atoms with van der Waals surface area (Å²) in [4.78, 5) is 25.9. The number of aliphatic hydroxyl groups is 3. The number of aromatic amines is 1. The number of fused-ring (bicyclic) bond motifs is 1. The number of H-pyrrole nitrogens is 1. The summed E-state index contributed by atoms with van der Waals surface area (Å²) in [6, 6.07) is 0.216. The third-order valence-corrected chi connectivity index (χ3v) is 6.14. The van der Waals surface area contributed by atoms with Crippen LogP contribution in [0.15, 0.2) is 18.7 Å². The first kappa shape index (κ1) is 21.7. The van der Waals surface area contributed by atoms with Crippen molar-refractivity contribution in [2.45, 2.75) is 62.7 Å². The number of carbonyl (C=O) groups excluding carboxylic acids is 1. The van der Waals surface area contributed by atoms with E-state index in [2.05, 4.69) is 35.8 Å². The van der Waals surface area contributed by atoms with Crippen molar-refractivity contribution < 1.29 is 24.9 Å². The number of hydrogen-bond donors (Lipinski definition) is 6.